The van der Waals surface area contributed by atoms with Crippen molar-refractivity contribution in [1.82, 2.24) is 4.98 Å². The largest absolute Gasteiger partial charge is 0.399 e. The van der Waals surface area contributed by atoms with Crippen molar-refractivity contribution in [2.24, 2.45) is 0 Å². The van der Waals surface area contributed by atoms with Crippen LogP contribution in [0.15, 0.2) is 41.0 Å². The quantitative estimate of drug-likeness (QED) is 0.896. The van der Waals surface area contributed by atoms with Crippen LogP contribution in [0.4, 0.5) is 11.4 Å². The van der Waals surface area contributed by atoms with Crippen molar-refractivity contribution >= 4 is 33.2 Å². The molecule has 0 atom stereocenters. The lowest BCUT2D eigenvalue weighted by Crippen LogP contribution is -2.14. The van der Waals surface area contributed by atoms with Crippen LogP contribution >= 0.6 is 15.9 Å². The summed E-state index contributed by atoms with van der Waals surface area (Å²) in [4.78, 5) is 15.9. The predicted octanol–water partition coefficient (Wildman–Crippen LogP) is 2.99. The van der Waals surface area contributed by atoms with Gasteiger partial charge in [-0.05, 0) is 42.8 Å². The molecule has 0 saturated carbocycles. The Kier molecular flexibility index (Phi) is 3.62. The molecule has 0 fully saturated rings. The van der Waals surface area contributed by atoms with E-state index in [0.717, 1.165) is 15.7 Å². The first kappa shape index (κ1) is 12.6. The number of halogens is 1. The smallest absolute Gasteiger partial charge is 0.274 e. The first-order valence-electron chi connectivity index (χ1n) is 5.35. The third kappa shape index (κ3) is 2.87. The van der Waals surface area contributed by atoms with Crippen molar-refractivity contribution < 1.29 is 4.79 Å². The number of hydrogen-bond acceptors (Lipinski definition) is 3. The van der Waals surface area contributed by atoms with Gasteiger partial charge in [-0.2, -0.15) is 0 Å². The third-order valence-corrected chi connectivity index (χ3v) is 2.95. The Morgan fingerprint density at radius 2 is 2.11 bits per heavy atom. The second-order valence-corrected chi connectivity index (χ2v) is 4.80. The molecular weight excluding hydrogens is 294 g/mol. The number of anilines is 2. The van der Waals surface area contributed by atoms with Crippen LogP contribution in [0.2, 0.25) is 0 Å². The van der Waals surface area contributed by atoms with Crippen molar-refractivity contribution in [2.45, 2.75) is 6.92 Å². The van der Waals surface area contributed by atoms with Gasteiger partial charge in [0, 0.05) is 22.0 Å². The van der Waals surface area contributed by atoms with E-state index in [2.05, 4.69) is 26.2 Å². The highest BCUT2D eigenvalue weighted by Gasteiger charge is 2.09. The van der Waals surface area contributed by atoms with Crippen LogP contribution in [0.25, 0.3) is 0 Å². The maximum Gasteiger partial charge on any atom is 0.274 e. The molecule has 92 valence electrons. The van der Waals surface area contributed by atoms with Gasteiger partial charge >= 0.3 is 0 Å². The lowest BCUT2D eigenvalue weighted by Gasteiger charge is -2.08. The molecular formula is C13H12BrN3O. The molecule has 1 aromatic carbocycles. The Hall–Kier alpha value is -1.88. The Labute approximate surface area is 113 Å². The molecule has 0 saturated heterocycles. The standard InChI is InChI=1S/C13H12BrN3O/c1-8-6-9(14)2-3-11(8)17-13(18)12-7-10(15)4-5-16-12/h2-7H,1H3,(H2,15,16)(H,17,18). The first-order chi connectivity index (χ1) is 8.56. The maximum absolute atomic E-state index is 12.0. The van der Waals surface area contributed by atoms with Gasteiger partial charge < -0.3 is 11.1 Å². The van der Waals surface area contributed by atoms with Crippen LogP contribution in [0.1, 0.15) is 16.1 Å². The number of nitrogens with one attached hydrogen (secondary N) is 1. The summed E-state index contributed by atoms with van der Waals surface area (Å²) in [6.07, 6.45) is 1.51. The summed E-state index contributed by atoms with van der Waals surface area (Å²) in [6.45, 7) is 1.92. The Morgan fingerprint density at radius 1 is 1.33 bits per heavy atom. The molecule has 0 radical (unpaired) electrons. The Bertz CT molecular complexity index is 599. The summed E-state index contributed by atoms with van der Waals surface area (Å²) >= 11 is 3.38. The number of carbonyl (C=O) groups is 1. The number of nitrogens with two attached hydrogens (primary N) is 1. The molecule has 4 nitrogen and oxygen atoms in total. The fourth-order valence-electron chi connectivity index (χ4n) is 1.52. The van der Waals surface area contributed by atoms with Crippen LogP contribution in [0.3, 0.4) is 0 Å². The maximum atomic E-state index is 12.0. The molecule has 0 spiro atoms. The monoisotopic (exact) mass is 305 g/mol. The summed E-state index contributed by atoms with van der Waals surface area (Å²) in [5.41, 5.74) is 8.16. The second-order valence-electron chi connectivity index (χ2n) is 3.89. The molecule has 0 unspecified atom stereocenters. The zero-order valence-corrected chi connectivity index (χ0v) is 11.4. The Balaban J connectivity index is 2.21. The third-order valence-electron chi connectivity index (χ3n) is 2.45. The van der Waals surface area contributed by atoms with Crippen LogP contribution in [0.5, 0.6) is 0 Å². The number of aromatic nitrogens is 1. The number of pyridine rings is 1. The fraction of sp³-hybridized carbons (Fsp3) is 0.0769. The molecule has 5 heteroatoms. The highest BCUT2D eigenvalue weighted by atomic mass is 79.9. The molecule has 2 rings (SSSR count). The number of nitrogen functional groups attached to an aromatic ring is 1. The summed E-state index contributed by atoms with van der Waals surface area (Å²) in [5.74, 6) is -0.271. The molecule has 18 heavy (non-hydrogen) atoms. The van der Waals surface area contributed by atoms with Gasteiger partial charge in [0.2, 0.25) is 0 Å². The van der Waals surface area contributed by atoms with E-state index >= 15 is 0 Å². The topological polar surface area (TPSA) is 68.0 Å². The minimum Gasteiger partial charge on any atom is -0.399 e. The minimum absolute atomic E-state index is 0.271. The first-order valence-corrected chi connectivity index (χ1v) is 6.14. The van der Waals surface area contributed by atoms with Gasteiger partial charge in [0.15, 0.2) is 0 Å². The van der Waals surface area contributed by atoms with E-state index in [9.17, 15) is 4.79 Å². The summed E-state index contributed by atoms with van der Waals surface area (Å²) < 4.78 is 0.972. The van der Waals surface area contributed by atoms with E-state index in [1.54, 1.807) is 12.1 Å². The van der Waals surface area contributed by atoms with E-state index in [-0.39, 0.29) is 5.91 Å². The number of hydrogen-bond donors (Lipinski definition) is 2. The van der Waals surface area contributed by atoms with Crippen molar-refractivity contribution in [3.8, 4) is 0 Å². The van der Waals surface area contributed by atoms with Crippen molar-refractivity contribution in [3.05, 3.63) is 52.3 Å². The van der Waals surface area contributed by atoms with Gasteiger partial charge in [0.1, 0.15) is 5.69 Å². The van der Waals surface area contributed by atoms with Gasteiger partial charge in [0.05, 0.1) is 0 Å². The number of aryl methyl sites for hydroxylation is 1. The van der Waals surface area contributed by atoms with Crippen molar-refractivity contribution in [3.63, 3.8) is 0 Å². The average molecular weight is 306 g/mol. The van der Waals surface area contributed by atoms with E-state index in [4.69, 9.17) is 5.73 Å². The normalized spacial score (nSPS) is 10.1. The Morgan fingerprint density at radius 3 is 2.78 bits per heavy atom. The molecule has 0 aliphatic carbocycles. The molecule has 1 amide bonds. The summed E-state index contributed by atoms with van der Waals surface area (Å²) in [6, 6.07) is 8.83. The zero-order valence-electron chi connectivity index (χ0n) is 9.77. The lowest BCUT2D eigenvalue weighted by molar-refractivity contribution is 0.102. The molecule has 3 N–H and O–H groups in total. The average Bonchev–Trinajstić information content (AvgIpc) is 2.32. The minimum atomic E-state index is -0.271. The molecule has 1 aromatic heterocycles. The van der Waals surface area contributed by atoms with E-state index < -0.39 is 0 Å². The van der Waals surface area contributed by atoms with Crippen molar-refractivity contribution in [2.75, 3.05) is 11.1 Å². The number of carbonyl (C=O) groups excluding carboxylic acids is 1. The van der Waals surface area contributed by atoms with Gasteiger partial charge in [-0.1, -0.05) is 15.9 Å². The fourth-order valence-corrected chi connectivity index (χ4v) is 2.00. The number of rotatable bonds is 2. The lowest BCUT2D eigenvalue weighted by atomic mass is 10.2. The van der Waals surface area contributed by atoms with Crippen LogP contribution in [0, 0.1) is 6.92 Å². The second kappa shape index (κ2) is 5.18. The van der Waals surface area contributed by atoms with Crippen LogP contribution in [-0.4, -0.2) is 10.9 Å². The molecule has 0 aliphatic heterocycles. The molecule has 2 aromatic rings. The summed E-state index contributed by atoms with van der Waals surface area (Å²) in [7, 11) is 0. The van der Waals surface area contributed by atoms with Gasteiger partial charge in [-0.15, -0.1) is 0 Å². The van der Waals surface area contributed by atoms with Crippen molar-refractivity contribution in [1.29, 1.82) is 0 Å². The highest BCUT2D eigenvalue weighted by Crippen LogP contribution is 2.20. The molecule has 1 heterocycles. The highest BCUT2D eigenvalue weighted by molar-refractivity contribution is 9.10. The van der Waals surface area contributed by atoms with E-state index in [0.29, 0.717) is 11.4 Å². The van der Waals surface area contributed by atoms with Crippen LogP contribution < -0.4 is 11.1 Å². The summed E-state index contributed by atoms with van der Waals surface area (Å²) in [5, 5.41) is 2.80. The van der Waals surface area contributed by atoms with E-state index in [1.807, 2.05) is 25.1 Å². The molecule has 0 aliphatic rings. The van der Waals surface area contributed by atoms with E-state index in [1.165, 1.54) is 6.20 Å². The predicted molar refractivity (Wildman–Crippen MR) is 75.5 cm³/mol. The zero-order chi connectivity index (χ0) is 13.1. The number of benzene rings is 1. The van der Waals surface area contributed by atoms with Crippen LogP contribution in [-0.2, 0) is 0 Å². The van der Waals surface area contributed by atoms with Gasteiger partial charge in [-0.25, -0.2) is 0 Å². The molecule has 0 bridgehead atoms. The van der Waals surface area contributed by atoms with Gasteiger partial charge in [-0.3, -0.25) is 9.78 Å². The SMILES string of the molecule is Cc1cc(Br)ccc1NC(=O)c1cc(N)ccn1. The number of nitrogens with zero attached hydrogens (tertiary/aromatic N) is 1. The number of amides is 1. The van der Waals surface area contributed by atoms with Gasteiger partial charge in [0.25, 0.3) is 5.91 Å².